The molecular weight excluding hydrogens is 345 g/mol. The Morgan fingerprint density at radius 3 is 2.93 bits per heavy atom. The van der Waals surface area contributed by atoms with Gasteiger partial charge in [0.25, 0.3) is 5.91 Å². The average Bonchev–Trinajstić information content (AvgIpc) is 3.18. The number of pyridine rings is 1. The monoisotopic (exact) mass is 367 g/mol. The number of nitrogens with one attached hydrogen (secondary N) is 1. The van der Waals surface area contributed by atoms with Crippen LogP contribution in [-0.4, -0.2) is 30.6 Å². The Kier molecular flexibility index (Phi) is 5.66. The molecule has 0 radical (unpaired) electrons. The van der Waals surface area contributed by atoms with Crippen molar-refractivity contribution in [1.82, 2.24) is 10.3 Å². The van der Waals surface area contributed by atoms with E-state index in [-0.39, 0.29) is 5.91 Å². The summed E-state index contributed by atoms with van der Waals surface area (Å²) in [7, 11) is 0. The number of nitrogens with zero attached hydrogens (tertiary/aromatic N) is 1. The molecule has 1 saturated heterocycles. The van der Waals surface area contributed by atoms with Gasteiger partial charge >= 0.3 is 0 Å². The summed E-state index contributed by atoms with van der Waals surface area (Å²) in [4.78, 5) is 16.8. The van der Waals surface area contributed by atoms with Gasteiger partial charge in [-0.05, 0) is 35.1 Å². The standard InChI is InChI=1S/C21H22FN3O2/c1-3-15(8-13(2)22)16-4-5-17-18(9-16)20(23)24-11-19(17)21(26)25-10-14-6-7-27-12-14/h3-5,8-9,11,14H,1-2,6-7,10,12H2,(H2,23,24)(H,25,26)/b15-8+. The summed E-state index contributed by atoms with van der Waals surface area (Å²) in [5, 5.41) is 4.25. The molecular formula is C21H22FN3O2. The molecule has 0 saturated carbocycles. The van der Waals surface area contributed by atoms with Gasteiger partial charge in [-0.3, -0.25) is 4.79 Å². The van der Waals surface area contributed by atoms with Gasteiger partial charge < -0.3 is 15.8 Å². The highest BCUT2D eigenvalue weighted by atomic mass is 19.1. The van der Waals surface area contributed by atoms with Crippen molar-refractivity contribution < 1.29 is 13.9 Å². The van der Waals surface area contributed by atoms with Gasteiger partial charge in [0.1, 0.15) is 11.6 Å². The summed E-state index contributed by atoms with van der Waals surface area (Å²) in [6, 6.07) is 5.35. The molecule has 1 atom stereocenters. The zero-order valence-corrected chi connectivity index (χ0v) is 15.0. The van der Waals surface area contributed by atoms with E-state index in [2.05, 4.69) is 23.5 Å². The minimum atomic E-state index is -0.569. The molecule has 2 heterocycles. The van der Waals surface area contributed by atoms with Gasteiger partial charge in [-0.2, -0.15) is 0 Å². The Morgan fingerprint density at radius 1 is 1.44 bits per heavy atom. The van der Waals surface area contributed by atoms with Gasteiger partial charge in [-0.1, -0.05) is 31.4 Å². The first-order chi connectivity index (χ1) is 13.0. The van der Waals surface area contributed by atoms with Crippen molar-refractivity contribution >= 4 is 28.1 Å². The van der Waals surface area contributed by atoms with Gasteiger partial charge in [0.05, 0.1) is 12.2 Å². The van der Waals surface area contributed by atoms with E-state index in [1.165, 1.54) is 18.3 Å². The smallest absolute Gasteiger partial charge is 0.253 e. The van der Waals surface area contributed by atoms with Gasteiger partial charge in [0.2, 0.25) is 0 Å². The Balaban J connectivity index is 1.93. The van der Waals surface area contributed by atoms with Gasteiger partial charge in [0, 0.05) is 30.7 Å². The van der Waals surface area contributed by atoms with Crippen LogP contribution in [0.5, 0.6) is 0 Å². The molecule has 5 nitrogen and oxygen atoms in total. The predicted octanol–water partition coefficient (Wildman–Crippen LogP) is 3.64. The number of halogens is 1. The predicted molar refractivity (Wildman–Crippen MR) is 106 cm³/mol. The number of amides is 1. The maximum Gasteiger partial charge on any atom is 0.253 e. The molecule has 1 aromatic carbocycles. The van der Waals surface area contributed by atoms with Crippen molar-refractivity contribution in [2.24, 2.45) is 5.92 Å². The molecule has 0 spiro atoms. The number of fused-ring (bicyclic) bond motifs is 1. The van der Waals surface area contributed by atoms with Crippen LogP contribution >= 0.6 is 0 Å². The zero-order valence-electron chi connectivity index (χ0n) is 15.0. The molecule has 1 aromatic heterocycles. The first kappa shape index (κ1) is 18.8. The minimum Gasteiger partial charge on any atom is -0.383 e. The zero-order chi connectivity index (χ0) is 19.4. The molecule has 140 valence electrons. The molecule has 3 rings (SSSR count). The summed E-state index contributed by atoms with van der Waals surface area (Å²) in [6.45, 7) is 8.92. The van der Waals surface area contributed by atoms with Crippen molar-refractivity contribution in [2.45, 2.75) is 6.42 Å². The van der Waals surface area contributed by atoms with Crippen LogP contribution in [0.1, 0.15) is 22.3 Å². The topological polar surface area (TPSA) is 77.2 Å². The molecule has 1 amide bonds. The molecule has 1 fully saturated rings. The second-order valence-electron chi connectivity index (χ2n) is 6.51. The van der Waals surface area contributed by atoms with Crippen LogP contribution in [0, 0.1) is 5.92 Å². The number of hydrogen-bond donors (Lipinski definition) is 2. The van der Waals surface area contributed by atoms with Crippen LogP contribution in [-0.2, 0) is 4.74 Å². The fourth-order valence-electron chi connectivity index (χ4n) is 3.13. The lowest BCUT2D eigenvalue weighted by Gasteiger charge is -2.13. The van der Waals surface area contributed by atoms with Crippen LogP contribution in [0.15, 0.2) is 55.5 Å². The summed E-state index contributed by atoms with van der Waals surface area (Å²) in [6.07, 6.45) is 5.25. The molecule has 27 heavy (non-hydrogen) atoms. The van der Waals surface area contributed by atoms with Gasteiger partial charge in [0.15, 0.2) is 0 Å². The van der Waals surface area contributed by atoms with E-state index in [9.17, 15) is 9.18 Å². The lowest BCUT2D eigenvalue weighted by Crippen LogP contribution is -2.29. The SMILES string of the molecule is C=C/C(=C\C(=C)F)c1ccc2c(C(=O)NCC3CCOC3)cnc(N)c2c1. The molecule has 6 heteroatoms. The number of nitrogen functional groups attached to an aromatic ring is 1. The van der Waals surface area contributed by atoms with Gasteiger partial charge in [-0.15, -0.1) is 0 Å². The highest BCUT2D eigenvalue weighted by Gasteiger charge is 2.18. The van der Waals surface area contributed by atoms with Crippen molar-refractivity contribution in [3.05, 3.63) is 66.7 Å². The van der Waals surface area contributed by atoms with Crippen molar-refractivity contribution in [3.63, 3.8) is 0 Å². The lowest BCUT2D eigenvalue weighted by molar-refractivity contribution is 0.0946. The van der Waals surface area contributed by atoms with E-state index >= 15 is 0 Å². The summed E-state index contributed by atoms with van der Waals surface area (Å²) in [5.74, 6) is -0.137. The second kappa shape index (κ2) is 8.14. The van der Waals surface area contributed by atoms with Crippen LogP contribution in [0.3, 0.4) is 0 Å². The normalized spacial score (nSPS) is 17.1. The summed E-state index contributed by atoms with van der Waals surface area (Å²) >= 11 is 0. The van der Waals surface area contributed by atoms with E-state index in [4.69, 9.17) is 10.5 Å². The van der Waals surface area contributed by atoms with Crippen molar-refractivity contribution in [2.75, 3.05) is 25.5 Å². The number of hydrogen-bond acceptors (Lipinski definition) is 4. The van der Waals surface area contributed by atoms with Crippen LogP contribution < -0.4 is 11.1 Å². The summed E-state index contributed by atoms with van der Waals surface area (Å²) < 4.78 is 18.5. The molecule has 0 bridgehead atoms. The fraction of sp³-hybridized carbons (Fsp3) is 0.238. The first-order valence-electron chi connectivity index (χ1n) is 8.72. The Labute approximate surface area is 157 Å². The third-order valence-electron chi connectivity index (χ3n) is 4.60. The molecule has 1 aliphatic heterocycles. The molecule has 0 aliphatic carbocycles. The maximum absolute atomic E-state index is 13.2. The van der Waals surface area contributed by atoms with E-state index in [0.717, 1.165) is 13.0 Å². The quantitative estimate of drug-likeness (QED) is 0.764. The third-order valence-corrected chi connectivity index (χ3v) is 4.60. The lowest BCUT2D eigenvalue weighted by atomic mass is 9.99. The number of rotatable bonds is 6. The molecule has 3 N–H and O–H groups in total. The maximum atomic E-state index is 13.2. The molecule has 1 unspecified atom stereocenters. The summed E-state index contributed by atoms with van der Waals surface area (Å²) in [5.41, 5.74) is 7.74. The van der Waals surface area contributed by atoms with Crippen molar-refractivity contribution in [3.8, 4) is 0 Å². The third kappa shape index (κ3) is 4.23. The molecule has 1 aliphatic rings. The largest absolute Gasteiger partial charge is 0.383 e. The Morgan fingerprint density at radius 2 is 2.26 bits per heavy atom. The number of aromatic nitrogens is 1. The number of anilines is 1. The van der Waals surface area contributed by atoms with Crippen LogP contribution in [0.25, 0.3) is 16.3 Å². The molecule has 2 aromatic rings. The van der Waals surface area contributed by atoms with E-state index < -0.39 is 5.83 Å². The van der Waals surface area contributed by atoms with Crippen molar-refractivity contribution in [1.29, 1.82) is 0 Å². The number of benzene rings is 1. The minimum absolute atomic E-state index is 0.205. The first-order valence-corrected chi connectivity index (χ1v) is 8.72. The number of ether oxygens (including phenoxy) is 1. The Bertz CT molecular complexity index is 930. The van der Waals surface area contributed by atoms with Gasteiger partial charge in [-0.25, -0.2) is 9.37 Å². The Hall–Kier alpha value is -2.99. The number of nitrogens with two attached hydrogens (primary N) is 1. The number of carbonyl (C=O) groups is 1. The van der Waals surface area contributed by atoms with E-state index in [1.807, 2.05) is 0 Å². The van der Waals surface area contributed by atoms with E-state index in [0.29, 0.717) is 52.4 Å². The average molecular weight is 367 g/mol. The van der Waals surface area contributed by atoms with E-state index in [1.54, 1.807) is 18.2 Å². The fourth-order valence-corrected chi connectivity index (χ4v) is 3.13. The highest BCUT2D eigenvalue weighted by Crippen LogP contribution is 2.28. The van der Waals surface area contributed by atoms with Crippen LogP contribution in [0.2, 0.25) is 0 Å². The number of carbonyl (C=O) groups excluding carboxylic acids is 1. The second-order valence-corrected chi connectivity index (χ2v) is 6.51. The van der Waals surface area contributed by atoms with Crippen LogP contribution in [0.4, 0.5) is 10.2 Å². The highest BCUT2D eigenvalue weighted by molar-refractivity contribution is 6.09. The number of allylic oxidation sites excluding steroid dienone is 4.